The Hall–Kier alpha value is -0.420. The fraction of sp³-hybridized carbons (Fsp3) is 0.938. The molecule has 0 aromatic heterocycles. The van der Waals surface area contributed by atoms with Gasteiger partial charge in [-0.25, -0.2) is 4.79 Å². The van der Waals surface area contributed by atoms with Gasteiger partial charge in [-0.2, -0.15) is 11.8 Å². The second-order valence-corrected chi connectivity index (χ2v) is 8.75. The van der Waals surface area contributed by atoms with Crippen molar-refractivity contribution in [2.75, 3.05) is 12.8 Å². The molecule has 5 heteroatoms. The van der Waals surface area contributed by atoms with Crippen LogP contribution in [-0.4, -0.2) is 41.3 Å². The van der Waals surface area contributed by atoms with Gasteiger partial charge in [-0.15, -0.1) is 0 Å². The average Bonchev–Trinajstić information content (AvgIpc) is 3.15. The lowest BCUT2D eigenvalue weighted by Gasteiger charge is -2.32. The lowest BCUT2D eigenvalue weighted by Crippen LogP contribution is -2.46. The summed E-state index contributed by atoms with van der Waals surface area (Å²) in [6, 6.07) is 0.777. The van der Waals surface area contributed by atoms with Gasteiger partial charge in [0.05, 0.1) is 0 Å². The van der Waals surface area contributed by atoms with Crippen LogP contribution in [0.3, 0.4) is 0 Å². The van der Waals surface area contributed by atoms with Crippen LogP contribution in [0, 0.1) is 0 Å². The summed E-state index contributed by atoms with van der Waals surface area (Å²) < 4.78 is 5.85. The van der Waals surface area contributed by atoms with Crippen molar-refractivity contribution < 1.29 is 9.53 Å². The van der Waals surface area contributed by atoms with Crippen LogP contribution in [0.5, 0.6) is 0 Å². The summed E-state index contributed by atoms with van der Waals surface area (Å²) in [5.41, 5.74) is -0.424. The second-order valence-electron chi connectivity index (χ2n) is 7.47. The van der Waals surface area contributed by atoms with Crippen LogP contribution < -0.4 is 10.6 Å². The molecule has 2 aliphatic carbocycles. The van der Waals surface area contributed by atoms with E-state index in [0.717, 1.165) is 19.4 Å². The molecule has 2 N–H and O–H groups in total. The van der Waals surface area contributed by atoms with E-state index in [1.165, 1.54) is 25.7 Å². The van der Waals surface area contributed by atoms with Crippen molar-refractivity contribution in [1.29, 1.82) is 0 Å². The number of thioether (sulfide) groups is 1. The molecule has 122 valence electrons. The number of alkyl carbamates (subject to hydrolysis) is 1. The molecule has 0 bridgehead atoms. The van der Waals surface area contributed by atoms with Crippen LogP contribution in [0.1, 0.15) is 59.3 Å². The molecule has 2 unspecified atom stereocenters. The minimum atomic E-state index is -0.424. The molecule has 0 radical (unpaired) electrons. The first-order valence-electron chi connectivity index (χ1n) is 8.10. The molecule has 1 amide bonds. The summed E-state index contributed by atoms with van der Waals surface area (Å²) in [4.78, 5) is 11.8. The Kier molecular flexibility index (Phi) is 5.47. The molecule has 2 rings (SSSR count). The quantitative estimate of drug-likeness (QED) is 0.817. The zero-order valence-corrected chi connectivity index (χ0v) is 14.6. The molecule has 0 aromatic rings. The Morgan fingerprint density at radius 3 is 2.52 bits per heavy atom. The summed E-state index contributed by atoms with van der Waals surface area (Å²) in [6.07, 6.45) is 9.08. The number of hydrogen-bond acceptors (Lipinski definition) is 4. The van der Waals surface area contributed by atoms with Crippen molar-refractivity contribution >= 4 is 17.9 Å². The number of rotatable bonds is 5. The topological polar surface area (TPSA) is 50.4 Å². The van der Waals surface area contributed by atoms with E-state index in [1.54, 1.807) is 0 Å². The number of hydrogen-bond donors (Lipinski definition) is 2. The molecule has 2 atom stereocenters. The standard InChI is InChI=1S/C16H30N2O2S/c1-15(2,3)20-14(19)18-13-7-5-6-12(10-13)17-11-16(21-4)8-9-16/h12-13,17H,5-11H2,1-4H3,(H,18,19). The van der Waals surface area contributed by atoms with Gasteiger partial charge in [-0.3, -0.25) is 0 Å². The van der Waals surface area contributed by atoms with E-state index >= 15 is 0 Å². The highest BCUT2D eigenvalue weighted by molar-refractivity contribution is 8.00. The van der Waals surface area contributed by atoms with E-state index < -0.39 is 5.60 Å². The summed E-state index contributed by atoms with van der Waals surface area (Å²) in [7, 11) is 0. The largest absolute Gasteiger partial charge is 0.444 e. The molecule has 0 aliphatic heterocycles. The highest BCUT2D eigenvalue weighted by Crippen LogP contribution is 2.46. The van der Waals surface area contributed by atoms with Gasteiger partial charge in [-0.1, -0.05) is 0 Å². The molecular formula is C16H30N2O2S. The highest BCUT2D eigenvalue weighted by atomic mass is 32.2. The number of nitrogens with one attached hydrogen (secondary N) is 2. The van der Waals surface area contributed by atoms with Crippen molar-refractivity contribution in [1.82, 2.24) is 10.6 Å². The number of amides is 1. The normalized spacial score (nSPS) is 28.0. The first-order chi connectivity index (χ1) is 9.82. The van der Waals surface area contributed by atoms with E-state index in [2.05, 4.69) is 16.9 Å². The molecule has 4 nitrogen and oxygen atoms in total. The molecule has 21 heavy (non-hydrogen) atoms. The number of ether oxygens (including phenoxy) is 1. The fourth-order valence-corrected chi connectivity index (χ4v) is 3.64. The molecule has 2 saturated carbocycles. The highest BCUT2D eigenvalue weighted by Gasteiger charge is 2.42. The Morgan fingerprint density at radius 2 is 1.95 bits per heavy atom. The van der Waals surface area contributed by atoms with Gasteiger partial charge in [0.1, 0.15) is 5.60 Å². The zero-order valence-electron chi connectivity index (χ0n) is 13.8. The monoisotopic (exact) mass is 314 g/mol. The zero-order chi connectivity index (χ0) is 15.5. The number of carbonyl (C=O) groups is 1. The van der Waals surface area contributed by atoms with Gasteiger partial charge in [0, 0.05) is 23.4 Å². The van der Waals surface area contributed by atoms with Crippen molar-refractivity contribution in [3.63, 3.8) is 0 Å². The molecule has 0 spiro atoms. The third-order valence-electron chi connectivity index (χ3n) is 4.35. The average molecular weight is 314 g/mol. The van der Waals surface area contributed by atoms with Crippen LogP contribution >= 0.6 is 11.8 Å². The maximum Gasteiger partial charge on any atom is 0.407 e. The Labute approximate surface area is 133 Å². The first kappa shape index (κ1) is 16.9. The van der Waals surface area contributed by atoms with Crippen LogP contribution in [0.4, 0.5) is 4.79 Å². The van der Waals surface area contributed by atoms with Gasteiger partial charge in [0.25, 0.3) is 0 Å². The summed E-state index contributed by atoms with van der Waals surface area (Å²) in [6.45, 7) is 6.80. The van der Waals surface area contributed by atoms with Crippen molar-refractivity contribution in [2.45, 2.75) is 81.7 Å². The fourth-order valence-electron chi connectivity index (χ4n) is 2.90. The predicted molar refractivity (Wildman–Crippen MR) is 88.9 cm³/mol. The van der Waals surface area contributed by atoms with Crippen LogP contribution in [-0.2, 0) is 4.74 Å². The van der Waals surface area contributed by atoms with E-state index in [0.29, 0.717) is 10.8 Å². The summed E-state index contributed by atoms with van der Waals surface area (Å²) >= 11 is 1.99. The summed E-state index contributed by atoms with van der Waals surface area (Å²) in [5.74, 6) is 0. The van der Waals surface area contributed by atoms with Crippen LogP contribution in [0.15, 0.2) is 0 Å². The Morgan fingerprint density at radius 1 is 1.29 bits per heavy atom. The molecule has 0 heterocycles. The molecule has 0 aromatic carbocycles. The van der Waals surface area contributed by atoms with Gasteiger partial charge >= 0.3 is 6.09 Å². The van der Waals surface area contributed by atoms with Gasteiger partial charge in [0.2, 0.25) is 0 Å². The Bertz CT molecular complexity index is 364. The van der Waals surface area contributed by atoms with Crippen molar-refractivity contribution in [2.24, 2.45) is 0 Å². The maximum atomic E-state index is 11.8. The minimum absolute atomic E-state index is 0.246. The van der Waals surface area contributed by atoms with E-state index in [-0.39, 0.29) is 12.1 Å². The second kappa shape index (κ2) is 6.78. The predicted octanol–water partition coefficient (Wildman–Crippen LogP) is 3.31. The molecule has 2 fully saturated rings. The number of carbonyl (C=O) groups excluding carboxylic acids is 1. The maximum absolute atomic E-state index is 11.8. The molecular weight excluding hydrogens is 284 g/mol. The van der Waals surface area contributed by atoms with Crippen molar-refractivity contribution in [3.8, 4) is 0 Å². The van der Waals surface area contributed by atoms with E-state index in [9.17, 15) is 4.79 Å². The minimum Gasteiger partial charge on any atom is -0.444 e. The third kappa shape index (κ3) is 5.70. The van der Waals surface area contributed by atoms with Crippen molar-refractivity contribution in [3.05, 3.63) is 0 Å². The molecule has 0 saturated heterocycles. The van der Waals surface area contributed by atoms with Gasteiger partial charge in [-0.05, 0) is 65.6 Å². The first-order valence-corrected chi connectivity index (χ1v) is 9.32. The molecule has 2 aliphatic rings. The third-order valence-corrected chi connectivity index (χ3v) is 5.77. The van der Waals surface area contributed by atoms with E-state index in [4.69, 9.17) is 4.74 Å². The van der Waals surface area contributed by atoms with Gasteiger partial charge in [0.15, 0.2) is 0 Å². The van der Waals surface area contributed by atoms with Crippen LogP contribution in [0.2, 0.25) is 0 Å². The van der Waals surface area contributed by atoms with E-state index in [1.807, 2.05) is 32.5 Å². The lowest BCUT2D eigenvalue weighted by molar-refractivity contribution is 0.0488. The Balaban J connectivity index is 1.71. The summed E-state index contributed by atoms with van der Waals surface area (Å²) in [5, 5.41) is 6.74. The van der Waals surface area contributed by atoms with Crippen LogP contribution in [0.25, 0.3) is 0 Å². The SMILES string of the molecule is CSC1(CNC2CCCC(NC(=O)OC(C)(C)C)C2)CC1. The lowest BCUT2D eigenvalue weighted by atomic mass is 9.91. The smallest absolute Gasteiger partial charge is 0.407 e. The van der Waals surface area contributed by atoms with Gasteiger partial charge < -0.3 is 15.4 Å².